The average molecular weight is 545 g/mol. The van der Waals surface area contributed by atoms with E-state index in [1.807, 2.05) is 91.9 Å². The largest absolute Gasteiger partial charge is 0.489 e. The summed E-state index contributed by atoms with van der Waals surface area (Å²) in [6.45, 7) is 2.31. The zero-order valence-corrected chi connectivity index (χ0v) is 22.5. The SMILES string of the molecule is CCC1=C(C(=O)OC)[C@H](c2ccccc2)n2c(s/c(=C/c3cccc(OCc4cccc(Cl)c4)c3)c2=O)=N1. The predicted octanol–water partition coefficient (Wildman–Crippen LogP) is 5.03. The Balaban J connectivity index is 1.55. The lowest BCUT2D eigenvalue weighted by atomic mass is 9.95. The van der Waals surface area contributed by atoms with Crippen molar-refractivity contribution in [2.75, 3.05) is 7.11 Å². The minimum Gasteiger partial charge on any atom is -0.489 e. The van der Waals surface area contributed by atoms with Crippen LogP contribution in [0, 0.1) is 0 Å². The Kier molecular flexibility index (Phi) is 7.58. The van der Waals surface area contributed by atoms with Gasteiger partial charge in [0.2, 0.25) is 0 Å². The molecule has 8 heteroatoms. The Labute approximate surface area is 228 Å². The van der Waals surface area contributed by atoms with Crippen LogP contribution in [0.2, 0.25) is 5.02 Å². The molecule has 38 heavy (non-hydrogen) atoms. The third-order valence-electron chi connectivity index (χ3n) is 6.22. The highest BCUT2D eigenvalue weighted by molar-refractivity contribution is 7.07. The Hall–Kier alpha value is -3.94. The zero-order chi connectivity index (χ0) is 26.6. The van der Waals surface area contributed by atoms with Gasteiger partial charge in [0.15, 0.2) is 4.80 Å². The molecule has 0 spiro atoms. The number of benzene rings is 3. The van der Waals surface area contributed by atoms with Gasteiger partial charge in [-0.2, -0.15) is 0 Å². The molecule has 0 unspecified atom stereocenters. The van der Waals surface area contributed by atoms with Gasteiger partial charge in [0, 0.05) is 5.02 Å². The lowest BCUT2D eigenvalue weighted by Gasteiger charge is -2.25. The van der Waals surface area contributed by atoms with Crippen LogP contribution in [0.25, 0.3) is 6.08 Å². The van der Waals surface area contributed by atoms with Gasteiger partial charge in [-0.15, -0.1) is 0 Å². The van der Waals surface area contributed by atoms with E-state index in [-0.39, 0.29) is 5.56 Å². The molecule has 1 aliphatic rings. The number of ether oxygens (including phenoxy) is 2. The van der Waals surface area contributed by atoms with E-state index in [1.54, 1.807) is 4.57 Å². The Morgan fingerprint density at radius 2 is 1.87 bits per heavy atom. The number of methoxy groups -OCH3 is 1. The molecule has 4 aromatic rings. The first-order valence-electron chi connectivity index (χ1n) is 12.1. The highest BCUT2D eigenvalue weighted by Gasteiger charge is 2.33. The number of carbonyl (C=O) groups excluding carboxylic acids is 1. The van der Waals surface area contributed by atoms with Crippen molar-refractivity contribution in [1.29, 1.82) is 0 Å². The number of halogens is 1. The van der Waals surface area contributed by atoms with E-state index in [2.05, 4.69) is 0 Å². The standard InChI is InChI=1S/C30H25ClN2O4S/c1-3-24-26(29(35)36-2)27(21-11-5-4-6-12-21)33-28(34)25(38-30(33)32-24)17-19-9-8-14-23(16-19)37-18-20-10-7-13-22(31)15-20/h4-17,27H,3,18H2,1-2H3/b25-17+/t27-/m0/s1. The molecule has 1 aliphatic heterocycles. The van der Waals surface area contributed by atoms with Crippen LogP contribution in [0.3, 0.4) is 0 Å². The van der Waals surface area contributed by atoms with Crippen molar-refractivity contribution in [3.63, 3.8) is 0 Å². The molecule has 6 nitrogen and oxygen atoms in total. The summed E-state index contributed by atoms with van der Waals surface area (Å²) in [6.07, 6.45) is 2.36. The molecule has 0 N–H and O–H groups in total. The van der Waals surface area contributed by atoms with Crippen molar-refractivity contribution in [3.05, 3.63) is 132 Å². The summed E-state index contributed by atoms with van der Waals surface area (Å²) in [5.74, 6) is 0.188. The van der Waals surface area contributed by atoms with E-state index in [0.29, 0.717) is 44.4 Å². The molecule has 0 amide bonds. The van der Waals surface area contributed by atoms with Gasteiger partial charge in [0.05, 0.1) is 29.0 Å². The highest BCUT2D eigenvalue weighted by Crippen LogP contribution is 2.31. The van der Waals surface area contributed by atoms with Gasteiger partial charge in [-0.25, -0.2) is 9.79 Å². The molecule has 2 heterocycles. The molecular formula is C30H25ClN2O4S. The van der Waals surface area contributed by atoms with E-state index in [4.69, 9.17) is 26.1 Å². The van der Waals surface area contributed by atoms with E-state index in [0.717, 1.165) is 16.7 Å². The van der Waals surface area contributed by atoms with E-state index in [9.17, 15) is 9.59 Å². The van der Waals surface area contributed by atoms with Gasteiger partial charge in [-0.1, -0.05) is 84.5 Å². The fourth-order valence-corrected chi connectivity index (χ4v) is 5.69. The van der Waals surface area contributed by atoms with Crippen LogP contribution in [-0.4, -0.2) is 17.6 Å². The normalized spacial score (nSPS) is 15.1. The number of carbonyl (C=O) groups is 1. The zero-order valence-electron chi connectivity index (χ0n) is 20.9. The van der Waals surface area contributed by atoms with Crippen LogP contribution in [0.15, 0.2) is 99.9 Å². The second-order valence-electron chi connectivity index (χ2n) is 8.69. The molecule has 1 atom stereocenters. The monoisotopic (exact) mass is 544 g/mol. The maximum Gasteiger partial charge on any atom is 0.338 e. The van der Waals surface area contributed by atoms with Crippen molar-refractivity contribution in [2.45, 2.75) is 26.0 Å². The fourth-order valence-electron chi connectivity index (χ4n) is 4.45. The third kappa shape index (κ3) is 5.21. The van der Waals surface area contributed by atoms with Crippen LogP contribution >= 0.6 is 22.9 Å². The topological polar surface area (TPSA) is 69.9 Å². The number of esters is 1. The van der Waals surface area contributed by atoms with E-state index in [1.165, 1.54) is 18.4 Å². The highest BCUT2D eigenvalue weighted by atomic mass is 35.5. The fraction of sp³-hybridized carbons (Fsp3) is 0.167. The summed E-state index contributed by atoms with van der Waals surface area (Å²) in [7, 11) is 1.34. The summed E-state index contributed by atoms with van der Waals surface area (Å²) < 4.78 is 13.2. The second-order valence-corrected chi connectivity index (χ2v) is 10.1. The summed E-state index contributed by atoms with van der Waals surface area (Å²) in [5.41, 5.74) is 3.39. The van der Waals surface area contributed by atoms with Gasteiger partial charge >= 0.3 is 5.97 Å². The maximum absolute atomic E-state index is 13.7. The van der Waals surface area contributed by atoms with Gasteiger partial charge in [0.25, 0.3) is 5.56 Å². The summed E-state index contributed by atoms with van der Waals surface area (Å²) >= 11 is 7.37. The molecule has 192 valence electrons. The van der Waals surface area contributed by atoms with Crippen LogP contribution in [0.4, 0.5) is 0 Å². The van der Waals surface area contributed by atoms with Gasteiger partial charge < -0.3 is 9.47 Å². The smallest absolute Gasteiger partial charge is 0.338 e. The lowest BCUT2D eigenvalue weighted by Crippen LogP contribution is -2.40. The predicted molar refractivity (Wildman–Crippen MR) is 149 cm³/mol. The molecule has 0 aliphatic carbocycles. The summed E-state index contributed by atoms with van der Waals surface area (Å²) in [6, 6.07) is 23.9. The average Bonchev–Trinajstić information content (AvgIpc) is 3.25. The second kappa shape index (κ2) is 11.2. The van der Waals surface area contributed by atoms with Crippen molar-refractivity contribution in [3.8, 4) is 5.75 Å². The minimum atomic E-state index is -0.621. The maximum atomic E-state index is 13.7. The summed E-state index contributed by atoms with van der Waals surface area (Å²) in [5, 5.41) is 0.658. The lowest BCUT2D eigenvalue weighted by molar-refractivity contribution is -0.136. The molecule has 0 saturated heterocycles. The molecule has 0 radical (unpaired) electrons. The number of nitrogens with zero attached hydrogens (tertiary/aromatic N) is 2. The molecular weight excluding hydrogens is 520 g/mol. The molecule has 0 fully saturated rings. The van der Waals surface area contributed by atoms with Crippen LogP contribution in [0.5, 0.6) is 5.75 Å². The third-order valence-corrected chi connectivity index (χ3v) is 7.43. The quantitative estimate of drug-likeness (QED) is 0.306. The first-order valence-corrected chi connectivity index (χ1v) is 13.3. The van der Waals surface area contributed by atoms with Gasteiger partial charge in [0.1, 0.15) is 12.4 Å². The van der Waals surface area contributed by atoms with Crippen molar-refractivity contribution >= 4 is 35.0 Å². The van der Waals surface area contributed by atoms with Crippen molar-refractivity contribution < 1.29 is 14.3 Å². The van der Waals surface area contributed by atoms with Crippen molar-refractivity contribution in [2.24, 2.45) is 4.99 Å². The number of rotatable bonds is 7. The van der Waals surface area contributed by atoms with Crippen molar-refractivity contribution in [1.82, 2.24) is 4.57 Å². The first kappa shape index (κ1) is 25.7. The molecule has 5 rings (SSSR count). The number of thiazole rings is 1. The Bertz CT molecular complexity index is 1710. The number of allylic oxidation sites excluding steroid dienone is 1. The van der Waals surface area contributed by atoms with Gasteiger partial charge in [-0.05, 0) is 53.5 Å². The molecule has 3 aromatic carbocycles. The van der Waals surface area contributed by atoms with Crippen LogP contribution < -0.4 is 19.6 Å². The van der Waals surface area contributed by atoms with Crippen LogP contribution in [0.1, 0.15) is 36.1 Å². The molecule has 0 saturated carbocycles. The number of hydrogen-bond donors (Lipinski definition) is 0. The van der Waals surface area contributed by atoms with Crippen LogP contribution in [-0.2, 0) is 16.1 Å². The minimum absolute atomic E-state index is 0.218. The Morgan fingerprint density at radius 1 is 1.08 bits per heavy atom. The summed E-state index contributed by atoms with van der Waals surface area (Å²) in [4.78, 5) is 31.9. The number of fused-ring (bicyclic) bond motifs is 1. The first-order chi connectivity index (χ1) is 18.5. The van der Waals surface area contributed by atoms with E-state index < -0.39 is 12.0 Å². The molecule has 1 aromatic heterocycles. The molecule has 0 bridgehead atoms. The number of hydrogen-bond acceptors (Lipinski definition) is 6. The van der Waals surface area contributed by atoms with E-state index >= 15 is 0 Å². The number of aromatic nitrogens is 1. The van der Waals surface area contributed by atoms with Gasteiger partial charge in [-0.3, -0.25) is 9.36 Å². The Morgan fingerprint density at radius 3 is 2.61 bits per heavy atom.